The average molecular weight is 543 g/mol. The molecule has 3 heterocycles. The molecule has 39 heavy (non-hydrogen) atoms. The average Bonchev–Trinajstić information content (AvgIpc) is 3.53. The maximum Gasteiger partial charge on any atom is 0.416 e. The van der Waals surface area contributed by atoms with Crippen LogP contribution >= 0.6 is 0 Å². The van der Waals surface area contributed by atoms with Crippen molar-refractivity contribution in [3.63, 3.8) is 0 Å². The third kappa shape index (κ3) is 5.93. The van der Waals surface area contributed by atoms with Crippen molar-refractivity contribution in [2.75, 3.05) is 10.6 Å². The molecule has 0 radical (unpaired) electrons. The quantitative estimate of drug-likeness (QED) is 0.259. The van der Waals surface area contributed by atoms with Crippen LogP contribution in [-0.2, 0) is 6.18 Å². The van der Waals surface area contributed by atoms with Gasteiger partial charge in [-0.15, -0.1) is 0 Å². The van der Waals surface area contributed by atoms with Crippen LogP contribution in [0.4, 0.5) is 30.5 Å². The molecule has 1 amide bonds. The molecule has 2 N–H and O–H groups in total. The van der Waals surface area contributed by atoms with Crippen LogP contribution in [0, 0.1) is 13.8 Å². The van der Waals surface area contributed by atoms with Gasteiger partial charge in [-0.05, 0) is 67.7 Å². The largest absolute Gasteiger partial charge is 0.416 e. The molecular formula is C28H22F3N7O. The summed E-state index contributed by atoms with van der Waals surface area (Å²) in [6.07, 6.45) is -3.84. The molecule has 0 aliphatic heterocycles. The molecule has 196 valence electrons. The van der Waals surface area contributed by atoms with Crippen molar-refractivity contribution < 1.29 is 35.8 Å². The van der Waals surface area contributed by atoms with Crippen molar-refractivity contribution in [2.24, 2.45) is 0 Å². The zero-order chi connectivity index (χ0) is 38.8. The van der Waals surface area contributed by atoms with E-state index in [1.807, 2.05) is 5.32 Å². The van der Waals surface area contributed by atoms with Gasteiger partial charge in [-0.25, -0.2) is 15.0 Å². The number of halogens is 3. The summed E-state index contributed by atoms with van der Waals surface area (Å²) in [7, 11) is 0. The number of rotatable bonds is 6. The van der Waals surface area contributed by atoms with E-state index >= 15 is 0 Å². The number of carbonyl (C=O) groups excluding carboxylic acids is 1. The lowest BCUT2D eigenvalue weighted by atomic mass is 10.1. The number of aromatic nitrogens is 5. The second-order valence-electron chi connectivity index (χ2n) is 7.69. The number of pyridine rings is 1. The molecule has 0 atom stereocenters. The minimum absolute atomic E-state index is 0.0793. The Hall–Kier alpha value is -5.06. The Labute approximate surface area is 239 Å². The lowest BCUT2D eigenvalue weighted by Crippen LogP contribution is -2.14. The maximum atomic E-state index is 14.2. The number of nitrogens with one attached hydrogen (secondary N) is 2. The number of imidazole rings is 1. The Kier molecular flexibility index (Phi) is 3.77. The number of hydrogen-bond acceptors (Lipinski definition) is 6. The van der Waals surface area contributed by atoms with E-state index < -0.39 is 108 Å². The predicted molar refractivity (Wildman–Crippen MR) is 141 cm³/mol. The van der Waals surface area contributed by atoms with Crippen molar-refractivity contribution in [2.45, 2.75) is 20.0 Å². The summed E-state index contributed by atoms with van der Waals surface area (Å²) < 4.78 is 148. The van der Waals surface area contributed by atoms with Crippen molar-refractivity contribution in [1.29, 1.82) is 0 Å². The van der Waals surface area contributed by atoms with Crippen LogP contribution in [-0.4, -0.2) is 30.4 Å². The Balaban J connectivity index is 1.61. The second kappa shape index (κ2) is 10.4. The number of anilines is 3. The molecule has 3 aromatic heterocycles. The van der Waals surface area contributed by atoms with Crippen molar-refractivity contribution >= 4 is 23.2 Å². The van der Waals surface area contributed by atoms with Crippen LogP contribution in [0.5, 0.6) is 0 Å². The lowest BCUT2D eigenvalue weighted by molar-refractivity contribution is -0.137. The Morgan fingerprint density at radius 1 is 1.13 bits per heavy atom. The summed E-state index contributed by atoms with van der Waals surface area (Å²) in [5, 5.41) is 4.57. The molecule has 0 fully saturated rings. The minimum atomic E-state index is -5.38. The summed E-state index contributed by atoms with van der Waals surface area (Å²) >= 11 is 0. The molecule has 2 aromatic carbocycles. The second-order valence-corrected chi connectivity index (χ2v) is 7.69. The molecular weight excluding hydrogens is 507 g/mol. The number of carbonyl (C=O) groups is 1. The van der Waals surface area contributed by atoms with Gasteiger partial charge in [-0.1, -0.05) is 6.04 Å². The highest BCUT2D eigenvalue weighted by Gasteiger charge is 2.31. The van der Waals surface area contributed by atoms with Crippen molar-refractivity contribution in [3.8, 4) is 16.9 Å². The van der Waals surface area contributed by atoms with E-state index in [-0.39, 0.29) is 28.5 Å². The van der Waals surface area contributed by atoms with Gasteiger partial charge in [-0.3, -0.25) is 9.78 Å². The van der Waals surface area contributed by atoms with Gasteiger partial charge in [0.25, 0.3) is 5.91 Å². The minimum Gasteiger partial charge on any atom is -0.324 e. The van der Waals surface area contributed by atoms with Crippen LogP contribution in [0.1, 0.15) is 45.0 Å². The molecule has 0 aliphatic rings. The normalized spacial score (nSPS) is 16.4. The summed E-state index contributed by atoms with van der Waals surface area (Å²) in [5.74, 6) is -1.81. The highest BCUT2D eigenvalue weighted by atomic mass is 19.4. The Morgan fingerprint density at radius 3 is 2.79 bits per heavy atom. The third-order valence-corrected chi connectivity index (χ3v) is 4.94. The fraction of sp³-hybridized carbons (Fsp3) is 0.107. The number of nitrogens with zero attached hydrogens (tertiary/aromatic N) is 5. The van der Waals surface area contributed by atoms with E-state index in [9.17, 15) is 18.0 Å². The van der Waals surface area contributed by atoms with Gasteiger partial charge < -0.3 is 15.2 Å². The van der Waals surface area contributed by atoms with Gasteiger partial charge >= 0.3 is 6.18 Å². The van der Waals surface area contributed by atoms with Crippen LogP contribution < -0.4 is 10.6 Å². The molecule has 11 heteroatoms. The van der Waals surface area contributed by atoms with Gasteiger partial charge in [0.2, 0.25) is 5.95 Å². The smallest absolute Gasteiger partial charge is 0.324 e. The predicted octanol–water partition coefficient (Wildman–Crippen LogP) is 6.36. The lowest BCUT2D eigenvalue weighted by Gasteiger charge is -2.14. The first-order valence-corrected chi connectivity index (χ1v) is 10.8. The third-order valence-electron chi connectivity index (χ3n) is 4.94. The van der Waals surface area contributed by atoms with Crippen LogP contribution in [0.3, 0.4) is 0 Å². The Morgan fingerprint density at radius 2 is 2.00 bits per heavy atom. The Bertz CT molecular complexity index is 2300. The topological polar surface area (TPSA) is 97.6 Å². The van der Waals surface area contributed by atoms with Gasteiger partial charge in [0.05, 0.1) is 37.0 Å². The van der Waals surface area contributed by atoms with E-state index in [4.69, 9.17) is 17.8 Å². The fourth-order valence-corrected chi connectivity index (χ4v) is 3.14. The number of alkyl halides is 3. The molecule has 0 unspecified atom stereocenters. The molecule has 5 aromatic rings. The molecule has 0 spiro atoms. The SMILES string of the molecule is [2H]c1nc([2H])c(-c2ccnc(Nc3c([2H])c(C(=O)Nc4c([2H])c(-n5cnc(C([2H])([2H])[2H])c5)c([2H])c(C(F)(F)F)c4[2H])c([2H])c([2H])c3C)n2)c([2H])c1[2H]. The first-order chi connectivity index (χ1) is 24.1. The van der Waals surface area contributed by atoms with Gasteiger partial charge in [0, 0.05) is 57.0 Å². The van der Waals surface area contributed by atoms with Crippen LogP contribution in [0.2, 0.25) is 0 Å². The zero-order valence-corrected chi connectivity index (χ0v) is 19.6. The van der Waals surface area contributed by atoms with Gasteiger partial charge in [0.15, 0.2) is 0 Å². The van der Waals surface area contributed by atoms with E-state index in [1.54, 1.807) is 0 Å². The van der Waals surface area contributed by atoms with Gasteiger partial charge in [-0.2, -0.15) is 13.2 Å². The summed E-state index contributed by atoms with van der Waals surface area (Å²) in [4.78, 5) is 29.1. The summed E-state index contributed by atoms with van der Waals surface area (Å²) in [5.41, 5.74) is -6.09. The van der Waals surface area contributed by atoms with E-state index in [1.165, 1.54) is 19.2 Å². The van der Waals surface area contributed by atoms with E-state index in [2.05, 4.69) is 25.3 Å². The first kappa shape index (κ1) is 14.2. The molecule has 0 bridgehead atoms. The zero-order valence-electron chi connectivity index (χ0n) is 32.6. The maximum absolute atomic E-state index is 14.2. The summed E-state index contributed by atoms with van der Waals surface area (Å²) in [6, 6.07) is -6.03. The molecule has 0 saturated carbocycles. The highest BCUT2D eigenvalue weighted by Crippen LogP contribution is 2.33. The van der Waals surface area contributed by atoms with Gasteiger partial charge in [0.1, 0.15) is 0 Å². The standard InChI is InChI=1S/C28H22F3N7O/c1-17-5-6-19(10-25(17)37-27-33-9-7-24(36-27)20-4-3-8-32-14-20)26(39)35-22-11-21(28(29,30)31)12-23(13-22)38-15-18(2)34-16-38/h3-16H,1-2H3,(H,35,39)(H,33,36,37)/i2D3,3D,4D,5D,6D,8D,10D,11D,12D,13D,14D. The molecule has 5 rings (SSSR count). The van der Waals surface area contributed by atoms with Crippen LogP contribution in [0.15, 0.2) is 85.5 Å². The number of amides is 1. The van der Waals surface area contributed by atoms with E-state index in [0.717, 1.165) is 12.5 Å². The van der Waals surface area contributed by atoms with E-state index in [0.29, 0.717) is 4.57 Å². The summed E-state index contributed by atoms with van der Waals surface area (Å²) in [6.45, 7) is -1.51. The van der Waals surface area contributed by atoms with Crippen LogP contribution in [0.25, 0.3) is 16.9 Å². The van der Waals surface area contributed by atoms with Crippen molar-refractivity contribution in [3.05, 3.63) is 108 Å². The molecule has 0 saturated heterocycles. The van der Waals surface area contributed by atoms with Crippen molar-refractivity contribution in [1.82, 2.24) is 24.5 Å². The number of hydrogen-bond donors (Lipinski definition) is 2. The first-order valence-electron chi connectivity index (χ1n) is 17.3. The molecule has 0 aliphatic carbocycles. The molecule has 8 nitrogen and oxygen atoms in total. The highest BCUT2D eigenvalue weighted by molar-refractivity contribution is 6.05. The number of aryl methyl sites for hydroxylation is 1. The fourth-order valence-electron chi connectivity index (χ4n) is 3.14. The number of benzene rings is 2. The monoisotopic (exact) mass is 542 g/mol.